The maximum absolute atomic E-state index is 11.7. The minimum absolute atomic E-state index is 0.0571. The van der Waals surface area contributed by atoms with Gasteiger partial charge in [0, 0.05) is 30.9 Å². The number of carbonyl (C=O) groups excluding carboxylic acids is 2. The van der Waals surface area contributed by atoms with E-state index in [1.165, 1.54) is 0 Å². The van der Waals surface area contributed by atoms with Crippen molar-refractivity contribution in [2.45, 2.75) is 6.42 Å². The van der Waals surface area contributed by atoms with Gasteiger partial charge >= 0.3 is 0 Å². The quantitative estimate of drug-likeness (QED) is 0.784. The molecule has 4 heteroatoms. The average molecular weight is 230 g/mol. The Kier molecular flexibility index (Phi) is 3.23. The summed E-state index contributed by atoms with van der Waals surface area (Å²) in [7, 11) is 1.91. The number of rotatable bonds is 3. The van der Waals surface area contributed by atoms with E-state index >= 15 is 0 Å². The van der Waals surface area contributed by atoms with E-state index in [2.05, 4.69) is 5.32 Å². The van der Waals surface area contributed by atoms with Gasteiger partial charge in [0.05, 0.1) is 6.54 Å². The Labute approximate surface area is 99.9 Å². The van der Waals surface area contributed by atoms with Crippen LogP contribution >= 0.6 is 0 Å². The molecule has 1 aromatic rings. The van der Waals surface area contributed by atoms with Crippen molar-refractivity contribution in [3.05, 3.63) is 41.6 Å². The topological polar surface area (TPSA) is 49.4 Å². The Bertz CT molecular complexity index is 480. The summed E-state index contributed by atoms with van der Waals surface area (Å²) in [6, 6.07) is 7.96. The molecule has 4 nitrogen and oxygen atoms in total. The zero-order chi connectivity index (χ0) is 12.3. The van der Waals surface area contributed by atoms with Gasteiger partial charge in [-0.3, -0.25) is 4.79 Å². The predicted molar refractivity (Wildman–Crippen MR) is 65.7 cm³/mol. The third-order valence-corrected chi connectivity index (χ3v) is 2.74. The molecule has 17 heavy (non-hydrogen) atoms. The Balaban J connectivity index is 2.19. The third-order valence-electron chi connectivity index (χ3n) is 2.74. The van der Waals surface area contributed by atoms with Crippen molar-refractivity contribution >= 4 is 17.9 Å². The van der Waals surface area contributed by atoms with E-state index in [4.69, 9.17) is 0 Å². The van der Waals surface area contributed by atoms with E-state index in [0.29, 0.717) is 18.3 Å². The molecule has 0 aliphatic carbocycles. The molecule has 1 amide bonds. The number of anilines is 1. The standard InChI is InChI=1S/C13H14N2O2/c1-15-9-11(13(17)14-6-7-16)8-10-4-2-3-5-12(10)15/h2-5,7,9H,6,8H2,1H3,(H,14,17). The minimum Gasteiger partial charge on any atom is -0.350 e. The van der Waals surface area contributed by atoms with E-state index in [1.54, 1.807) is 0 Å². The predicted octanol–water partition coefficient (Wildman–Crippen LogP) is 0.878. The van der Waals surface area contributed by atoms with E-state index in [9.17, 15) is 9.59 Å². The molecule has 0 unspecified atom stereocenters. The molecule has 2 rings (SSSR count). The van der Waals surface area contributed by atoms with Crippen LogP contribution in [0.5, 0.6) is 0 Å². The van der Waals surface area contributed by atoms with Crippen molar-refractivity contribution in [2.24, 2.45) is 0 Å². The van der Waals surface area contributed by atoms with Crippen LogP contribution in [-0.4, -0.2) is 25.8 Å². The normalized spacial score (nSPS) is 13.7. The summed E-state index contributed by atoms with van der Waals surface area (Å²) in [6.07, 6.45) is 3.09. The van der Waals surface area contributed by atoms with Crippen LogP contribution in [-0.2, 0) is 16.0 Å². The molecular formula is C13H14N2O2. The van der Waals surface area contributed by atoms with Gasteiger partial charge in [0.1, 0.15) is 6.29 Å². The number of hydrogen-bond donors (Lipinski definition) is 1. The number of para-hydroxylation sites is 1. The lowest BCUT2D eigenvalue weighted by Gasteiger charge is -2.25. The highest BCUT2D eigenvalue weighted by Crippen LogP contribution is 2.27. The summed E-state index contributed by atoms with van der Waals surface area (Å²) in [4.78, 5) is 23.9. The second kappa shape index (κ2) is 4.82. The van der Waals surface area contributed by atoms with Gasteiger partial charge in [-0.05, 0) is 11.6 Å². The van der Waals surface area contributed by atoms with Crippen molar-refractivity contribution in [1.82, 2.24) is 5.32 Å². The van der Waals surface area contributed by atoms with Crippen molar-refractivity contribution in [3.63, 3.8) is 0 Å². The molecule has 0 fully saturated rings. The number of nitrogens with one attached hydrogen (secondary N) is 1. The molecule has 0 spiro atoms. The molecule has 1 aliphatic heterocycles. The fourth-order valence-corrected chi connectivity index (χ4v) is 1.95. The van der Waals surface area contributed by atoms with Crippen molar-refractivity contribution in [1.29, 1.82) is 0 Å². The van der Waals surface area contributed by atoms with Crippen LogP contribution in [0.15, 0.2) is 36.0 Å². The van der Waals surface area contributed by atoms with E-state index in [-0.39, 0.29) is 12.5 Å². The zero-order valence-corrected chi connectivity index (χ0v) is 9.64. The molecule has 0 atom stereocenters. The number of aldehydes is 1. The second-order valence-corrected chi connectivity index (χ2v) is 3.95. The molecule has 0 radical (unpaired) electrons. The fourth-order valence-electron chi connectivity index (χ4n) is 1.95. The fraction of sp³-hybridized carbons (Fsp3) is 0.231. The van der Waals surface area contributed by atoms with Gasteiger partial charge in [-0.2, -0.15) is 0 Å². The first-order valence-electron chi connectivity index (χ1n) is 5.45. The molecule has 1 heterocycles. The van der Waals surface area contributed by atoms with E-state index in [0.717, 1.165) is 11.3 Å². The van der Waals surface area contributed by atoms with Crippen LogP contribution in [0.25, 0.3) is 0 Å². The lowest BCUT2D eigenvalue weighted by atomic mass is 9.99. The number of hydrogen-bond acceptors (Lipinski definition) is 3. The molecular weight excluding hydrogens is 216 g/mol. The summed E-state index contributed by atoms with van der Waals surface area (Å²) in [5, 5.41) is 2.55. The highest BCUT2D eigenvalue weighted by molar-refractivity contribution is 5.96. The number of benzene rings is 1. The second-order valence-electron chi connectivity index (χ2n) is 3.95. The van der Waals surface area contributed by atoms with Gasteiger partial charge in [-0.15, -0.1) is 0 Å². The van der Waals surface area contributed by atoms with Crippen LogP contribution in [0, 0.1) is 0 Å². The number of nitrogens with zero attached hydrogens (tertiary/aromatic N) is 1. The van der Waals surface area contributed by atoms with Gasteiger partial charge in [-0.1, -0.05) is 18.2 Å². The van der Waals surface area contributed by atoms with Crippen LogP contribution in [0.3, 0.4) is 0 Å². The van der Waals surface area contributed by atoms with Crippen LogP contribution in [0.2, 0.25) is 0 Å². The molecule has 0 aromatic heterocycles. The largest absolute Gasteiger partial charge is 0.350 e. The summed E-state index contributed by atoms with van der Waals surface area (Å²) in [5.74, 6) is -0.182. The first kappa shape index (κ1) is 11.4. The van der Waals surface area contributed by atoms with Crippen molar-refractivity contribution in [3.8, 4) is 0 Å². The smallest absolute Gasteiger partial charge is 0.249 e. The van der Waals surface area contributed by atoms with E-state index in [1.807, 2.05) is 42.4 Å². The van der Waals surface area contributed by atoms with Crippen molar-refractivity contribution < 1.29 is 9.59 Å². The number of amides is 1. The molecule has 1 N–H and O–H groups in total. The first-order valence-corrected chi connectivity index (χ1v) is 5.45. The minimum atomic E-state index is -0.182. The number of carbonyl (C=O) groups is 2. The summed E-state index contributed by atoms with van der Waals surface area (Å²) < 4.78 is 0. The molecule has 0 saturated carbocycles. The maximum atomic E-state index is 11.7. The van der Waals surface area contributed by atoms with Gasteiger partial charge in [0.25, 0.3) is 0 Å². The zero-order valence-electron chi connectivity index (χ0n) is 9.64. The van der Waals surface area contributed by atoms with Crippen molar-refractivity contribution in [2.75, 3.05) is 18.5 Å². The highest BCUT2D eigenvalue weighted by atomic mass is 16.2. The van der Waals surface area contributed by atoms with Crippen LogP contribution < -0.4 is 10.2 Å². The molecule has 0 bridgehead atoms. The van der Waals surface area contributed by atoms with Crippen LogP contribution in [0.1, 0.15) is 5.56 Å². The highest BCUT2D eigenvalue weighted by Gasteiger charge is 2.18. The summed E-state index contributed by atoms with van der Waals surface area (Å²) in [5.41, 5.74) is 2.90. The monoisotopic (exact) mass is 230 g/mol. The summed E-state index contributed by atoms with van der Waals surface area (Å²) in [6.45, 7) is 0.0571. The lowest BCUT2D eigenvalue weighted by Crippen LogP contribution is -2.30. The SMILES string of the molecule is CN1C=C(C(=O)NCC=O)Cc2ccccc21. The first-order chi connectivity index (χ1) is 8.22. The average Bonchev–Trinajstić information content (AvgIpc) is 2.36. The number of fused-ring (bicyclic) bond motifs is 1. The van der Waals surface area contributed by atoms with Gasteiger partial charge in [-0.25, -0.2) is 0 Å². The maximum Gasteiger partial charge on any atom is 0.249 e. The molecule has 1 aliphatic rings. The molecule has 0 saturated heterocycles. The van der Waals surface area contributed by atoms with E-state index < -0.39 is 0 Å². The lowest BCUT2D eigenvalue weighted by molar-refractivity contribution is -0.119. The third kappa shape index (κ3) is 2.36. The Morgan fingerprint density at radius 3 is 3.00 bits per heavy atom. The molecule has 1 aromatic carbocycles. The Hall–Kier alpha value is -2.10. The Morgan fingerprint density at radius 2 is 2.24 bits per heavy atom. The molecule has 88 valence electrons. The van der Waals surface area contributed by atoms with Crippen LogP contribution in [0.4, 0.5) is 5.69 Å². The Morgan fingerprint density at radius 1 is 1.47 bits per heavy atom. The van der Waals surface area contributed by atoms with Gasteiger partial charge in [0.2, 0.25) is 5.91 Å². The van der Waals surface area contributed by atoms with Gasteiger partial charge in [0.15, 0.2) is 0 Å². The summed E-state index contributed by atoms with van der Waals surface area (Å²) >= 11 is 0. The van der Waals surface area contributed by atoms with Gasteiger partial charge < -0.3 is 15.0 Å².